The van der Waals surface area contributed by atoms with Crippen molar-refractivity contribution in [2.75, 3.05) is 19.8 Å². The number of carbonyl (C=O) groups is 2. The Kier molecular flexibility index (Phi) is 4.98. The molecule has 1 aliphatic rings. The van der Waals surface area contributed by atoms with E-state index < -0.39 is 12.0 Å². The zero-order valence-corrected chi connectivity index (χ0v) is 12.3. The summed E-state index contributed by atoms with van der Waals surface area (Å²) in [4.78, 5) is 24.8. The van der Waals surface area contributed by atoms with Gasteiger partial charge < -0.3 is 14.7 Å². The summed E-state index contributed by atoms with van der Waals surface area (Å²) in [6, 6.07) is 6.26. The number of morpholine rings is 1. The van der Waals surface area contributed by atoms with Crippen molar-refractivity contribution in [3.05, 3.63) is 40.9 Å². The van der Waals surface area contributed by atoms with Gasteiger partial charge >= 0.3 is 5.97 Å². The number of ether oxygens (including phenoxy) is 1. The zero-order chi connectivity index (χ0) is 15.4. The summed E-state index contributed by atoms with van der Waals surface area (Å²) in [6.07, 6.45) is 1.42. The second-order valence-corrected chi connectivity index (χ2v) is 5.17. The summed E-state index contributed by atoms with van der Waals surface area (Å²) in [6.45, 7) is 2.39. The van der Waals surface area contributed by atoms with Crippen molar-refractivity contribution >= 4 is 29.1 Å². The number of hydrogen-bond donors (Lipinski definition) is 1. The van der Waals surface area contributed by atoms with Crippen molar-refractivity contribution in [3.63, 3.8) is 0 Å². The molecule has 0 radical (unpaired) electrons. The fourth-order valence-corrected chi connectivity index (χ4v) is 2.48. The Morgan fingerprint density at radius 3 is 2.81 bits per heavy atom. The van der Waals surface area contributed by atoms with Gasteiger partial charge in [-0.05, 0) is 24.1 Å². The van der Waals surface area contributed by atoms with Gasteiger partial charge in [-0.25, -0.2) is 4.79 Å². The lowest BCUT2D eigenvalue weighted by atomic mass is 10.1. The first-order valence-electron chi connectivity index (χ1n) is 6.55. The molecule has 21 heavy (non-hydrogen) atoms. The monoisotopic (exact) mass is 309 g/mol. The minimum absolute atomic E-state index is 0.0139. The van der Waals surface area contributed by atoms with Gasteiger partial charge in [0.25, 0.3) is 0 Å². The number of nitrogens with zero attached hydrogens (tertiary/aromatic N) is 1. The highest BCUT2D eigenvalue weighted by Crippen LogP contribution is 2.23. The van der Waals surface area contributed by atoms with E-state index in [2.05, 4.69) is 0 Å². The normalized spacial score (nSPS) is 19.4. The molecule has 1 aliphatic heterocycles. The lowest BCUT2D eigenvalue weighted by Crippen LogP contribution is -2.52. The SMILES string of the molecule is CC(=CC(=O)N1CCOCC1C(=O)O)c1ccccc1Cl. The molecule has 1 aromatic rings. The van der Waals surface area contributed by atoms with Gasteiger partial charge in [-0.1, -0.05) is 29.8 Å². The molecule has 0 aromatic heterocycles. The van der Waals surface area contributed by atoms with Crippen LogP contribution in [0.4, 0.5) is 0 Å². The van der Waals surface area contributed by atoms with Gasteiger partial charge in [-0.2, -0.15) is 0 Å². The van der Waals surface area contributed by atoms with Crippen LogP contribution < -0.4 is 0 Å². The molecule has 0 spiro atoms. The van der Waals surface area contributed by atoms with Crippen LogP contribution in [0.15, 0.2) is 30.3 Å². The molecule has 1 N–H and O–H groups in total. The Hall–Kier alpha value is -1.85. The molecule has 2 rings (SSSR count). The Labute approximate surface area is 127 Å². The van der Waals surface area contributed by atoms with Gasteiger partial charge in [0.15, 0.2) is 6.04 Å². The Balaban J connectivity index is 2.21. The highest BCUT2D eigenvalue weighted by Gasteiger charge is 2.31. The second kappa shape index (κ2) is 6.74. The molecule has 1 aromatic carbocycles. The molecule has 1 unspecified atom stereocenters. The first-order chi connectivity index (χ1) is 10.0. The van der Waals surface area contributed by atoms with Gasteiger partial charge in [0, 0.05) is 17.6 Å². The summed E-state index contributed by atoms with van der Waals surface area (Å²) in [7, 11) is 0. The number of aliphatic carboxylic acids is 1. The van der Waals surface area contributed by atoms with Gasteiger partial charge in [0.2, 0.25) is 5.91 Å². The topological polar surface area (TPSA) is 66.8 Å². The Morgan fingerprint density at radius 1 is 1.43 bits per heavy atom. The Bertz CT molecular complexity index is 585. The van der Waals surface area contributed by atoms with E-state index in [-0.39, 0.29) is 19.1 Å². The third kappa shape index (κ3) is 3.62. The fourth-order valence-electron chi connectivity index (χ4n) is 2.20. The average molecular weight is 310 g/mol. The predicted molar refractivity (Wildman–Crippen MR) is 79.1 cm³/mol. The summed E-state index contributed by atoms with van der Waals surface area (Å²) >= 11 is 6.09. The fraction of sp³-hybridized carbons (Fsp3) is 0.333. The summed E-state index contributed by atoms with van der Waals surface area (Å²) in [5, 5.41) is 9.69. The van der Waals surface area contributed by atoms with Gasteiger partial charge in [0.1, 0.15) is 0 Å². The number of amides is 1. The van der Waals surface area contributed by atoms with E-state index in [9.17, 15) is 9.59 Å². The van der Waals surface area contributed by atoms with Crippen LogP contribution >= 0.6 is 11.6 Å². The molecule has 6 heteroatoms. The number of allylic oxidation sites excluding steroid dienone is 1. The maximum atomic E-state index is 12.3. The smallest absolute Gasteiger partial charge is 0.328 e. The molecule has 0 aliphatic carbocycles. The molecule has 5 nitrogen and oxygen atoms in total. The van der Waals surface area contributed by atoms with Crippen LogP contribution in [0, 0.1) is 0 Å². The maximum Gasteiger partial charge on any atom is 0.328 e. The molecule has 1 amide bonds. The van der Waals surface area contributed by atoms with Crippen LogP contribution in [0.3, 0.4) is 0 Å². The molecule has 0 bridgehead atoms. The van der Waals surface area contributed by atoms with Gasteiger partial charge in [-0.3, -0.25) is 4.79 Å². The minimum atomic E-state index is -1.06. The van der Waals surface area contributed by atoms with Gasteiger partial charge in [-0.15, -0.1) is 0 Å². The third-order valence-electron chi connectivity index (χ3n) is 3.34. The third-order valence-corrected chi connectivity index (χ3v) is 3.66. The molecule has 112 valence electrons. The number of carboxylic acids is 1. The Morgan fingerprint density at radius 2 is 2.14 bits per heavy atom. The van der Waals surface area contributed by atoms with E-state index in [1.807, 2.05) is 18.2 Å². The van der Waals surface area contributed by atoms with Crippen molar-refractivity contribution < 1.29 is 19.4 Å². The maximum absolute atomic E-state index is 12.3. The zero-order valence-electron chi connectivity index (χ0n) is 11.6. The second-order valence-electron chi connectivity index (χ2n) is 4.77. The van der Waals surface area contributed by atoms with E-state index in [4.69, 9.17) is 21.4 Å². The van der Waals surface area contributed by atoms with Crippen LogP contribution in [0.5, 0.6) is 0 Å². The van der Waals surface area contributed by atoms with E-state index >= 15 is 0 Å². The highest BCUT2D eigenvalue weighted by molar-refractivity contribution is 6.32. The highest BCUT2D eigenvalue weighted by atomic mass is 35.5. The van der Waals surface area contributed by atoms with Crippen LogP contribution in [0.25, 0.3) is 5.57 Å². The summed E-state index contributed by atoms with van der Waals surface area (Å²) in [5.74, 6) is -1.41. The van der Waals surface area contributed by atoms with Crippen LogP contribution in [-0.4, -0.2) is 47.7 Å². The molecule has 1 fully saturated rings. The van der Waals surface area contributed by atoms with E-state index in [1.54, 1.807) is 13.0 Å². The minimum Gasteiger partial charge on any atom is -0.480 e. The largest absolute Gasteiger partial charge is 0.480 e. The molecule has 0 saturated carbocycles. The number of benzene rings is 1. The average Bonchev–Trinajstić information content (AvgIpc) is 2.47. The van der Waals surface area contributed by atoms with E-state index in [0.717, 1.165) is 5.56 Å². The summed E-state index contributed by atoms with van der Waals surface area (Å²) < 4.78 is 5.12. The molecular formula is C15H16ClNO4. The predicted octanol–water partition coefficient (Wildman–Crippen LogP) is 2.06. The van der Waals surface area contributed by atoms with Crippen molar-refractivity contribution in [1.82, 2.24) is 4.90 Å². The summed E-state index contributed by atoms with van der Waals surface area (Å²) in [5.41, 5.74) is 1.45. The van der Waals surface area contributed by atoms with Crippen LogP contribution in [0.2, 0.25) is 5.02 Å². The van der Waals surface area contributed by atoms with Crippen molar-refractivity contribution in [1.29, 1.82) is 0 Å². The van der Waals surface area contributed by atoms with Crippen LogP contribution in [0.1, 0.15) is 12.5 Å². The van der Waals surface area contributed by atoms with Crippen LogP contribution in [-0.2, 0) is 14.3 Å². The molecular weight excluding hydrogens is 294 g/mol. The van der Waals surface area contributed by atoms with E-state index in [1.165, 1.54) is 11.0 Å². The number of halogens is 1. The molecule has 1 atom stereocenters. The lowest BCUT2D eigenvalue weighted by molar-refractivity contribution is -0.156. The first kappa shape index (κ1) is 15.5. The van der Waals surface area contributed by atoms with Gasteiger partial charge in [0.05, 0.1) is 13.2 Å². The van der Waals surface area contributed by atoms with Crippen molar-refractivity contribution in [2.24, 2.45) is 0 Å². The van der Waals surface area contributed by atoms with Crippen molar-refractivity contribution in [3.8, 4) is 0 Å². The van der Waals surface area contributed by atoms with Crippen molar-refractivity contribution in [2.45, 2.75) is 13.0 Å². The number of hydrogen-bond acceptors (Lipinski definition) is 3. The number of rotatable bonds is 3. The standard InChI is InChI=1S/C15H16ClNO4/c1-10(11-4-2-3-5-12(11)16)8-14(18)17-6-7-21-9-13(17)15(19)20/h2-5,8,13H,6-7,9H2,1H3,(H,19,20). The molecule has 1 heterocycles. The number of carboxylic acid groups (broad SMARTS) is 1. The molecule has 1 saturated heterocycles. The lowest BCUT2D eigenvalue weighted by Gasteiger charge is -2.32. The van der Waals surface area contributed by atoms with E-state index in [0.29, 0.717) is 17.2 Å². The quantitative estimate of drug-likeness (QED) is 0.868. The number of carbonyl (C=O) groups excluding carboxylic acids is 1. The first-order valence-corrected chi connectivity index (χ1v) is 6.93.